The molecule has 1 heterocycles. The molecule has 0 bridgehead atoms. The van der Waals surface area contributed by atoms with Crippen molar-refractivity contribution in [1.82, 2.24) is 10.6 Å². The van der Waals surface area contributed by atoms with Crippen LogP contribution in [0.5, 0.6) is 0 Å². The molecule has 0 amide bonds. The number of nitrogens with one attached hydrogen (secondary N) is 2. The van der Waals surface area contributed by atoms with E-state index in [1.807, 2.05) is 6.92 Å². The van der Waals surface area contributed by atoms with E-state index in [0.29, 0.717) is 18.1 Å². The standard InChI is InChI=1S/C10H18N2O3S/c1-4-6-7(8(13)15-5-2)10(3,14)12-9(16)11-6/h6-7,14H,4-5H2,1-3H3,(H2,11,12,16)/t6-,7+,10+/m0/s1. The first-order chi connectivity index (χ1) is 7.42. The van der Waals surface area contributed by atoms with Gasteiger partial charge in [0.1, 0.15) is 11.6 Å². The summed E-state index contributed by atoms with van der Waals surface area (Å²) in [5, 5.41) is 16.2. The third-order valence-electron chi connectivity index (χ3n) is 2.67. The van der Waals surface area contributed by atoms with Gasteiger partial charge in [-0.2, -0.15) is 0 Å². The summed E-state index contributed by atoms with van der Waals surface area (Å²) < 4.78 is 4.96. The molecule has 1 saturated heterocycles. The van der Waals surface area contributed by atoms with Crippen LogP contribution in [-0.2, 0) is 9.53 Å². The number of esters is 1. The summed E-state index contributed by atoms with van der Waals surface area (Å²) in [6.45, 7) is 5.49. The molecule has 0 radical (unpaired) electrons. The Kier molecular flexibility index (Phi) is 4.09. The van der Waals surface area contributed by atoms with E-state index in [1.165, 1.54) is 6.92 Å². The summed E-state index contributed by atoms with van der Waals surface area (Å²) in [6, 6.07) is -0.206. The van der Waals surface area contributed by atoms with Crippen LogP contribution in [0.15, 0.2) is 0 Å². The van der Waals surface area contributed by atoms with Gasteiger partial charge in [0.15, 0.2) is 5.11 Å². The Bertz CT molecular complexity index is 294. The lowest BCUT2D eigenvalue weighted by Crippen LogP contribution is -2.68. The van der Waals surface area contributed by atoms with E-state index in [0.717, 1.165) is 0 Å². The summed E-state index contributed by atoms with van der Waals surface area (Å²) in [4.78, 5) is 11.8. The topological polar surface area (TPSA) is 70.6 Å². The van der Waals surface area contributed by atoms with Crippen LogP contribution in [0.2, 0.25) is 0 Å². The third kappa shape index (κ3) is 2.62. The molecule has 0 spiro atoms. The Labute approximate surface area is 101 Å². The molecule has 0 unspecified atom stereocenters. The van der Waals surface area contributed by atoms with Crippen molar-refractivity contribution >= 4 is 23.3 Å². The SMILES string of the molecule is CCOC(=O)[C@H]1[C@H](CC)NC(=S)N[C@]1(C)O. The van der Waals surface area contributed by atoms with Crippen molar-refractivity contribution < 1.29 is 14.6 Å². The van der Waals surface area contributed by atoms with E-state index in [1.54, 1.807) is 6.92 Å². The maximum absolute atomic E-state index is 11.8. The molecule has 92 valence electrons. The molecule has 3 N–H and O–H groups in total. The van der Waals surface area contributed by atoms with Crippen LogP contribution < -0.4 is 10.6 Å². The molecular formula is C10H18N2O3S. The Balaban J connectivity index is 2.90. The zero-order valence-electron chi connectivity index (χ0n) is 9.74. The van der Waals surface area contributed by atoms with Crippen molar-refractivity contribution in [2.24, 2.45) is 5.92 Å². The van der Waals surface area contributed by atoms with Crippen molar-refractivity contribution in [3.63, 3.8) is 0 Å². The second-order valence-corrected chi connectivity index (χ2v) is 4.40. The Morgan fingerprint density at radius 3 is 2.75 bits per heavy atom. The zero-order valence-corrected chi connectivity index (χ0v) is 10.6. The second-order valence-electron chi connectivity index (χ2n) is 3.99. The second kappa shape index (κ2) is 4.97. The molecule has 6 heteroatoms. The molecule has 3 atom stereocenters. The smallest absolute Gasteiger partial charge is 0.315 e. The highest BCUT2D eigenvalue weighted by molar-refractivity contribution is 7.80. The van der Waals surface area contributed by atoms with Gasteiger partial charge in [-0.05, 0) is 32.5 Å². The van der Waals surface area contributed by atoms with Crippen molar-refractivity contribution in [3.8, 4) is 0 Å². The van der Waals surface area contributed by atoms with E-state index in [4.69, 9.17) is 17.0 Å². The summed E-state index contributed by atoms with van der Waals surface area (Å²) in [6.07, 6.45) is 0.682. The lowest BCUT2D eigenvalue weighted by Gasteiger charge is -2.42. The molecule has 5 nitrogen and oxygen atoms in total. The minimum absolute atomic E-state index is 0.206. The van der Waals surface area contributed by atoms with Gasteiger partial charge < -0.3 is 20.5 Å². The molecule has 0 aliphatic carbocycles. The molecule has 1 aliphatic rings. The number of hydrogen-bond acceptors (Lipinski definition) is 4. The van der Waals surface area contributed by atoms with Gasteiger partial charge in [0.2, 0.25) is 0 Å². The van der Waals surface area contributed by atoms with Crippen LogP contribution >= 0.6 is 12.2 Å². The van der Waals surface area contributed by atoms with Crippen molar-refractivity contribution in [1.29, 1.82) is 0 Å². The Morgan fingerprint density at radius 2 is 2.25 bits per heavy atom. The lowest BCUT2D eigenvalue weighted by atomic mass is 9.86. The number of rotatable bonds is 3. The predicted octanol–water partition coefficient (Wildman–Crippen LogP) is 0.131. The van der Waals surface area contributed by atoms with E-state index in [2.05, 4.69) is 10.6 Å². The molecule has 0 saturated carbocycles. The number of hydrogen-bond donors (Lipinski definition) is 3. The monoisotopic (exact) mass is 246 g/mol. The molecule has 16 heavy (non-hydrogen) atoms. The first-order valence-electron chi connectivity index (χ1n) is 5.40. The number of thiocarbonyl (C=S) groups is 1. The van der Waals surface area contributed by atoms with E-state index >= 15 is 0 Å². The highest BCUT2D eigenvalue weighted by Gasteiger charge is 2.47. The van der Waals surface area contributed by atoms with Crippen LogP contribution in [0.3, 0.4) is 0 Å². The molecular weight excluding hydrogens is 228 g/mol. The molecule has 1 fully saturated rings. The highest BCUT2D eigenvalue weighted by atomic mass is 32.1. The van der Waals surface area contributed by atoms with Crippen LogP contribution in [-0.4, -0.2) is 34.6 Å². The van der Waals surface area contributed by atoms with E-state index in [-0.39, 0.29) is 6.04 Å². The van der Waals surface area contributed by atoms with Crippen LogP contribution in [0, 0.1) is 5.92 Å². The summed E-state index contributed by atoms with van der Waals surface area (Å²) >= 11 is 4.97. The minimum atomic E-state index is -1.37. The first kappa shape index (κ1) is 13.2. The van der Waals surface area contributed by atoms with Gasteiger partial charge in [0.25, 0.3) is 0 Å². The molecule has 1 rings (SSSR count). The van der Waals surface area contributed by atoms with E-state index < -0.39 is 17.6 Å². The molecule has 0 aromatic heterocycles. The third-order valence-corrected chi connectivity index (χ3v) is 2.89. The summed E-state index contributed by atoms with van der Waals surface area (Å²) in [7, 11) is 0. The van der Waals surface area contributed by atoms with Gasteiger partial charge in [0.05, 0.1) is 6.61 Å². The van der Waals surface area contributed by atoms with Gasteiger partial charge in [-0.15, -0.1) is 0 Å². The number of carbonyl (C=O) groups excluding carboxylic acids is 1. The Hall–Kier alpha value is -0.880. The van der Waals surface area contributed by atoms with Gasteiger partial charge in [0, 0.05) is 6.04 Å². The largest absolute Gasteiger partial charge is 0.466 e. The van der Waals surface area contributed by atoms with Gasteiger partial charge >= 0.3 is 5.97 Å². The minimum Gasteiger partial charge on any atom is -0.466 e. The van der Waals surface area contributed by atoms with Crippen molar-refractivity contribution in [2.45, 2.75) is 39.0 Å². The zero-order chi connectivity index (χ0) is 12.3. The molecule has 0 aromatic carbocycles. The fourth-order valence-electron chi connectivity index (χ4n) is 1.95. The van der Waals surface area contributed by atoms with Gasteiger partial charge in [-0.3, -0.25) is 4.79 Å². The highest BCUT2D eigenvalue weighted by Crippen LogP contribution is 2.25. The normalized spacial score (nSPS) is 33.9. The van der Waals surface area contributed by atoms with Crippen LogP contribution in [0.25, 0.3) is 0 Å². The maximum atomic E-state index is 11.8. The van der Waals surface area contributed by atoms with Gasteiger partial charge in [-0.1, -0.05) is 6.92 Å². The Morgan fingerprint density at radius 1 is 1.62 bits per heavy atom. The van der Waals surface area contributed by atoms with E-state index in [9.17, 15) is 9.90 Å². The quantitative estimate of drug-likeness (QED) is 0.486. The van der Waals surface area contributed by atoms with Crippen LogP contribution in [0.4, 0.5) is 0 Å². The fraction of sp³-hybridized carbons (Fsp3) is 0.800. The predicted molar refractivity (Wildman–Crippen MR) is 63.7 cm³/mol. The fourth-order valence-corrected chi connectivity index (χ4v) is 2.31. The average Bonchev–Trinajstić information content (AvgIpc) is 2.14. The van der Waals surface area contributed by atoms with Crippen molar-refractivity contribution in [3.05, 3.63) is 0 Å². The van der Waals surface area contributed by atoms with Crippen LogP contribution in [0.1, 0.15) is 27.2 Å². The molecule has 1 aliphatic heterocycles. The van der Waals surface area contributed by atoms with Crippen molar-refractivity contribution in [2.75, 3.05) is 6.61 Å². The number of ether oxygens (including phenoxy) is 1. The first-order valence-corrected chi connectivity index (χ1v) is 5.80. The average molecular weight is 246 g/mol. The number of carbonyl (C=O) groups is 1. The molecule has 0 aromatic rings. The summed E-state index contributed by atoms with van der Waals surface area (Å²) in [5.74, 6) is -1.08. The maximum Gasteiger partial charge on any atom is 0.315 e. The van der Waals surface area contributed by atoms with Gasteiger partial charge in [-0.25, -0.2) is 0 Å². The lowest BCUT2D eigenvalue weighted by molar-refractivity contribution is -0.162. The number of aliphatic hydroxyl groups is 1. The summed E-state index contributed by atoms with van der Waals surface area (Å²) in [5.41, 5.74) is -1.37.